The summed E-state index contributed by atoms with van der Waals surface area (Å²) in [6.07, 6.45) is 0. The Morgan fingerprint density at radius 1 is 0.298 bits per heavy atom. The summed E-state index contributed by atoms with van der Waals surface area (Å²) in [4.78, 5) is 2.42. The quantitative estimate of drug-likeness (QED) is 0.169. The smallest absolute Gasteiger partial charge is 0.0468 e. The second-order valence-electron chi connectivity index (χ2n) is 14.9. The normalized spacial score (nSPS) is 11.9. The van der Waals surface area contributed by atoms with Gasteiger partial charge in [-0.3, -0.25) is 0 Å². The lowest BCUT2D eigenvalue weighted by Gasteiger charge is -2.26. The number of rotatable bonds is 5. The summed E-state index contributed by atoms with van der Waals surface area (Å²) in [6, 6.07) is 73.9. The summed E-state index contributed by atoms with van der Waals surface area (Å²) in [7, 11) is 0. The van der Waals surface area contributed by atoms with Crippen molar-refractivity contribution in [3.05, 3.63) is 200 Å². The van der Waals surface area contributed by atoms with Gasteiger partial charge < -0.3 is 4.90 Å². The minimum atomic E-state index is 1.14. The highest BCUT2D eigenvalue weighted by Crippen LogP contribution is 2.49. The van der Waals surface area contributed by atoms with E-state index in [1.54, 1.807) is 0 Å². The first-order valence-corrected chi connectivity index (χ1v) is 21.0. The molecule has 0 aliphatic carbocycles. The summed E-state index contributed by atoms with van der Waals surface area (Å²) in [6.45, 7) is 0. The van der Waals surface area contributed by atoms with Gasteiger partial charge in [0.2, 0.25) is 0 Å². The van der Waals surface area contributed by atoms with Crippen molar-refractivity contribution in [2.24, 2.45) is 0 Å². The van der Waals surface area contributed by atoms with Crippen LogP contribution in [0, 0.1) is 0 Å². The van der Waals surface area contributed by atoms with Crippen molar-refractivity contribution in [2.45, 2.75) is 0 Å². The molecule has 12 aromatic rings. The Bertz CT molecular complexity index is 3460. The van der Waals surface area contributed by atoms with Gasteiger partial charge in [-0.2, -0.15) is 0 Å². The van der Waals surface area contributed by atoms with E-state index in [2.05, 4.69) is 205 Å². The Morgan fingerprint density at radius 2 is 0.877 bits per heavy atom. The van der Waals surface area contributed by atoms with Crippen molar-refractivity contribution < 1.29 is 0 Å². The lowest BCUT2D eigenvalue weighted by Crippen LogP contribution is -2.09. The van der Waals surface area contributed by atoms with Crippen molar-refractivity contribution in [3.63, 3.8) is 0 Å². The van der Waals surface area contributed by atoms with Crippen molar-refractivity contribution in [2.75, 3.05) is 4.90 Å². The predicted molar refractivity (Wildman–Crippen MR) is 250 cm³/mol. The molecule has 0 radical (unpaired) electrons. The molecule has 12 rings (SSSR count). The molecule has 2 aromatic heterocycles. The van der Waals surface area contributed by atoms with Crippen LogP contribution in [0.25, 0.3) is 94.9 Å². The van der Waals surface area contributed by atoms with Gasteiger partial charge in [-0.15, -0.1) is 22.7 Å². The van der Waals surface area contributed by atoms with Crippen LogP contribution in [0.1, 0.15) is 0 Å². The third-order valence-corrected chi connectivity index (χ3v) is 14.0. The van der Waals surface area contributed by atoms with E-state index in [1.165, 1.54) is 94.9 Å². The Labute approximate surface area is 337 Å². The standard InChI is InChI=1S/C54H33NS2/c1-2-14-36(15-3-1)42-20-11-23-51-52(42)46-22-10-21-45(53(46)57-51)47-33-49-48-32-41(28-29-50(48)56-54(49)44-19-9-8-18-43(44)47)55(39-26-24-34-12-4-6-16-37(34)30-39)40-27-25-35-13-5-7-17-38(35)31-40/h1-33H. The van der Waals surface area contributed by atoms with Gasteiger partial charge in [0.15, 0.2) is 0 Å². The van der Waals surface area contributed by atoms with E-state index in [9.17, 15) is 0 Å². The first kappa shape index (κ1) is 32.5. The van der Waals surface area contributed by atoms with E-state index in [-0.39, 0.29) is 0 Å². The van der Waals surface area contributed by atoms with Crippen molar-refractivity contribution in [1.82, 2.24) is 0 Å². The van der Waals surface area contributed by atoms with Crippen LogP contribution in [0.15, 0.2) is 200 Å². The number of nitrogens with zero attached hydrogens (tertiary/aromatic N) is 1. The number of fused-ring (bicyclic) bond motifs is 10. The van der Waals surface area contributed by atoms with Crippen molar-refractivity contribution in [3.8, 4) is 22.3 Å². The van der Waals surface area contributed by atoms with Crippen LogP contribution in [-0.2, 0) is 0 Å². The molecule has 0 saturated heterocycles. The molecule has 0 aliphatic rings. The van der Waals surface area contributed by atoms with Gasteiger partial charge in [-0.25, -0.2) is 0 Å². The van der Waals surface area contributed by atoms with Gasteiger partial charge in [0.05, 0.1) is 0 Å². The molecule has 0 N–H and O–H groups in total. The number of thiophene rings is 2. The van der Waals surface area contributed by atoms with Gasteiger partial charge in [-0.1, -0.05) is 146 Å². The summed E-state index contributed by atoms with van der Waals surface area (Å²) in [5.41, 5.74) is 8.53. The summed E-state index contributed by atoms with van der Waals surface area (Å²) >= 11 is 3.81. The highest BCUT2D eigenvalue weighted by atomic mass is 32.1. The van der Waals surface area contributed by atoms with E-state index < -0.39 is 0 Å². The molecule has 57 heavy (non-hydrogen) atoms. The average Bonchev–Trinajstić information content (AvgIpc) is 3.85. The molecule has 3 heteroatoms. The fourth-order valence-corrected chi connectivity index (χ4v) is 11.4. The Balaban J connectivity index is 1.10. The Hall–Kier alpha value is -6.78. The number of anilines is 3. The predicted octanol–water partition coefficient (Wildman–Crippen LogP) is 16.7. The molecular formula is C54H33NS2. The second-order valence-corrected chi connectivity index (χ2v) is 17.0. The number of hydrogen-bond donors (Lipinski definition) is 0. The SMILES string of the molecule is c1ccc(-c2cccc3sc4c(-c5cc6c7cc(N(c8ccc9ccccc9c8)c8ccc9ccccc9c8)ccc7sc6c6ccccc56)cccc4c23)cc1. The fourth-order valence-electron chi connectivity index (χ4n) is 8.95. The molecule has 0 fully saturated rings. The van der Waals surface area contributed by atoms with Gasteiger partial charge in [0, 0.05) is 68.4 Å². The molecule has 1 nitrogen and oxygen atoms in total. The highest BCUT2D eigenvalue weighted by Gasteiger charge is 2.20. The minimum Gasteiger partial charge on any atom is -0.310 e. The maximum atomic E-state index is 2.48. The van der Waals surface area contributed by atoms with Gasteiger partial charge in [0.25, 0.3) is 0 Å². The number of benzene rings is 10. The maximum absolute atomic E-state index is 2.48. The topological polar surface area (TPSA) is 3.24 Å². The number of hydrogen-bond acceptors (Lipinski definition) is 3. The molecule has 0 amide bonds. The lowest BCUT2D eigenvalue weighted by molar-refractivity contribution is 1.30. The average molecular weight is 760 g/mol. The van der Waals surface area contributed by atoms with Crippen LogP contribution in [0.4, 0.5) is 17.1 Å². The molecule has 0 spiro atoms. The van der Waals surface area contributed by atoms with E-state index in [0.717, 1.165) is 17.1 Å². The fraction of sp³-hybridized carbons (Fsp3) is 0. The largest absolute Gasteiger partial charge is 0.310 e. The van der Waals surface area contributed by atoms with Crippen LogP contribution < -0.4 is 4.90 Å². The van der Waals surface area contributed by atoms with Crippen LogP contribution in [0.3, 0.4) is 0 Å². The maximum Gasteiger partial charge on any atom is 0.0468 e. The summed E-state index contributed by atoms with van der Waals surface area (Å²) < 4.78 is 5.27. The first-order chi connectivity index (χ1) is 28.2. The van der Waals surface area contributed by atoms with Crippen LogP contribution in [0.5, 0.6) is 0 Å². The third kappa shape index (κ3) is 5.20. The summed E-state index contributed by atoms with van der Waals surface area (Å²) in [5, 5.41) is 12.8. The monoisotopic (exact) mass is 759 g/mol. The van der Waals surface area contributed by atoms with E-state index in [0.29, 0.717) is 0 Å². The Morgan fingerprint density at radius 3 is 1.63 bits per heavy atom. The van der Waals surface area contributed by atoms with E-state index >= 15 is 0 Å². The zero-order valence-electron chi connectivity index (χ0n) is 30.8. The van der Waals surface area contributed by atoms with Gasteiger partial charge in [-0.05, 0) is 98.2 Å². The highest BCUT2D eigenvalue weighted by molar-refractivity contribution is 7.27. The molecule has 10 aromatic carbocycles. The summed E-state index contributed by atoms with van der Waals surface area (Å²) in [5.74, 6) is 0. The van der Waals surface area contributed by atoms with Crippen molar-refractivity contribution >= 4 is 112 Å². The van der Waals surface area contributed by atoms with Crippen LogP contribution in [-0.4, -0.2) is 0 Å². The van der Waals surface area contributed by atoms with Crippen LogP contribution in [0.2, 0.25) is 0 Å². The molecule has 0 atom stereocenters. The molecular weight excluding hydrogens is 727 g/mol. The second kappa shape index (κ2) is 12.9. The first-order valence-electron chi connectivity index (χ1n) is 19.4. The van der Waals surface area contributed by atoms with Gasteiger partial charge >= 0.3 is 0 Å². The molecule has 0 unspecified atom stereocenters. The third-order valence-electron chi connectivity index (χ3n) is 11.6. The zero-order chi connectivity index (χ0) is 37.5. The molecule has 0 bridgehead atoms. The zero-order valence-corrected chi connectivity index (χ0v) is 32.4. The molecule has 2 heterocycles. The van der Waals surface area contributed by atoms with Gasteiger partial charge in [0.1, 0.15) is 0 Å². The molecule has 266 valence electrons. The minimum absolute atomic E-state index is 1.14. The van der Waals surface area contributed by atoms with E-state index in [4.69, 9.17) is 0 Å². The lowest BCUT2D eigenvalue weighted by atomic mass is 9.93. The molecule has 0 aliphatic heterocycles. The van der Waals surface area contributed by atoms with E-state index in [1.807, 2.05) is 22.7 Å². The Kier molecular flexibility index (Phi) is 7.34. The molecule has 0 saturated carbocycles. The van der Waals surface area contributed by atoms with Crippen molar-refractivity contribution in [1.29, 1.82) is 0 Å². The van der Waals surface area contributed by atoms with Crippen LogP contribution >= 0.6 is 22.7 Å².